The molecule has 0 bridgehead atoms. The molecule has 0 radical (unpaired) electrons. The standard InChI is InChI=1S/C22H27N3O3.ClH/c1-22(23,18-8-4-3-5-9-18)21(27)25-13-11-24(12-14-25)20(26)16-17-7-6-10-19(15-17)28-2;/h3-10,15H,11-14,16,23H2,1-2H3;1H. The van der Waals surface area contributed by atoms with Crippen molar-refractivity contribution in [1.29, 1.82) is 0 Å². The van der Waals surface area contributed by atoms with Gasteiger partial charge in [0.15, 0.2) is 0 Å². The number of methoxy groups -OCH3 is 1. The number of ether oxygens (including phenoxy) is 1. The highest BCUT2D eigenvalue weighted by Crippen LogP contribution is 2.21. The number of hydrogen-bond donors (Lipinski definition) is 1. The van der Waals surface area contributed by atoms with E-state index < -0.39 is 5.54 Å². The van der Waals surface area contributed by atoms with Crippen molar-refractivity contribution in [2.75, 3.05) is 33.3 Å². The van der Waals surface area contributed by atoms with E-state index >= 15 is 0 Å². The fourth-order valence-corrected chi connectivity index (χ4v) is 3.46. The third-order valence-electron chi connectivity index (χ3n) is 5.23. The summed E-state index contributed by atoms with van der Waals surface area (Å²) in [5.41, 5.74) is 6.98. The molecule has 1 fully saturated rings. The van der Waals surface area contributed by atoms with Crippen molar-refractivity contribution in [3.8, 4) is 5.75 Å². The predicted molar refractivity (Wildman–Crippen MR) is 115 cm³/mol. The van der Waals surface area contributed by atoms with Gasteiger partial charge in [0, 0.05) is 26.2 Å². The Morgan fingerprint density at radius 3 is 2.24 bits per heavy atom. The lowest BCUT2D eigenvalue weighted by Crippen LogP contribution is -2.57. The molecule has 1 aliphatic rings. The molecular formula is C22H28ClN3O3. The summed E-state index contributed by atoms with van der Waals surface area (Å²) in [6.45, 7) is 3.74. The minimum atomic E-state index is -1.08. The van der Waals surface area contributed by atoms with Gasteiger partial charge in [-0.2, -0.15) is 0 Å². The van der Waals surface area contributed by atoms with Gasteiger partial charge >= 0.3 is 0 Å². The third-order valence-corrected chi connectivity index (χ3v) is 5.23. The van der Waals surface area contributed by atoms with Crippen LogP contribution in [0.2, 0.25) is 0 Å². The Hall–Kier alpha value is -2.57. The molecule has 156 valence electrons. The van der Waals surface area contributed by atoms with Crippen molar-refractivity contribution in [1.82, 2.24) is 9.80 Å². The molecule has 0 spiro atoms. The van der Waals surface area contributed by atoms with E-state index in [0.717, 1.165) is 16.9 Å². The smallest absolute Gasteiger partial charge is 0.247 e. The monoisotopic (exact) mass is 417 g/mol. The van der Waals surface area contributed by atoms with Crippen LogP contribution in [0, 0.1) is 0 Å². The summed E-state index contributed by atoms with van der Waals surface area (Å²) in [5.74, 6) is 0.682. The van der Waals surface area contributed by atoms with Gasteiger partial charge < -0.3 is 20.3 Å². The first kappa shape index (κ1) is 22.7. The summed E-state index contributed by atoms with van der Waals surface area (Å²) in [4.78, 5) is 29.1. The van der Waals surface area contributed by atoms with Crippen LogP contribution in [0.25, 0.3) is 0 Å². The summed E-state index contributed by atoms with van der Waals surface area (Å²) in [5, 5.41) is 0. The highest BCUT2D eigenvalue weighted by atomic mass is 35.5. The van der Waals surface area contributed by atoms with Crippen LogP contribution in [-0.4, -0.2) is 54.9 Å². The Kier molecular flexibility index (Phi) is 7.65. The van der Waals surface area contributed by atoms with Crippen LogP contribution in [0.3, 0.4) is 0 Å². The number of hydrogen-bond acceptors (Lipinski definition) is 4. The van der Waals surface area contributed by atoms with Gasteiger partial charge in [-0.15, -0.1) is 12.4 Å². The van der Waals surface area contributed by atoms with Crippen LogP contribution in [-0.2, 0) is 21.5 Å². The molecule has 6 nitrogen and oxygen atoms in total. The Morgan fingerprint density at radius 2 is 1.62 bits per heavy atom. The number of nitrogens with zero attached hydrogens (tertiary/aromatic N) is 2. The van der Waals surface area contributed by atoms with E-state index in [0.29, 0.717) is 32.6 Å². The fourth-order valence-electron chi connectivity index (χ4n) is 3.46. The van der Waals surface area contributed by atoms with E-state index in [1.54, 1.807) is 23.8 Å². The second-order valence-electron chi connectivity index (χ2n) is 7.27. The number of benzene rings is 2. The zero-order chi connectivity index (χ0) is 20.1. The summed E-state index contributed by atoms with van der Waals surface area (Å²) < 4.78 is 5.21. The van der Waals surface area contributed by atoms with E-state index in [-0.39, 0.29) is 24.2 Å². The molecule has 7 heteroatoms. The maximum atomic E-state index is 12.9. The molecule has 0 saturated carbocycles. The van der Waals surface area contributed by atoms with E-state index in [1.165, 1.54) is 0 Å². The summed E-state index contributed by atoms with van der Waals surface area (Å²) >= 11 is 0. The van der Waals surface area contributed by atoms with Crippen molar-refractivity contribution in [2.24, 2.45) is 5.73 Å². The Bertz CT molecular complexity index is 834. The first-order valence-corrected chi connectivity index (χ1v) is 9.46. The lowest BCUT2D eigenvalue weighted by molar-refractivity contribution is -0.142. The Balaban J connectivity index is 0.00000300. The maximum absolute atomic E-state index is 12.9. The lowest BCUT2D eigenvalue weighted by atomic mass is 9.91. The van der Waals surface area contributed by atoms with Gasteiger partial charge in [0.25, 0.3) is 0 Å². The van der Waals surface area contributed by atoms with Gasteiger partial charge in [0.2, 0.25) is 11.8 Å². The van der Waals surface area contributed by atoms with Gasteiger partial charge in [0.05, 0.1) is 13.5 Å². The third kappa shape index (κ3) is 5.28. The molecular weight excluding hydrogens is 390 g/mol. The van der Waals surface area contributed by atoms with Gasteiger partial charge in [-0.3, -0.25) is 9.59 Å². The molecule has 0 aliphatic carbocycles. The van der Waals surface area contributed by atoms with E-state index in [9.17, 15) is 9.59 Å². The van der Waals surface area contributed by atoms with Crippen molar-refractivity contribution in [2.45, 2.75) is 18.9 Å². The van der Waals surface area contributed by atoms with E-state index in [1.807, 2.05) is 54.6 Å². The van der Waals surface area contributed by atoms with Crippen LogP contribution in [0.15, 0.2) is 54.6 Å². The number of halogens is 1. The topological polar surface area (TPSA) is 75.9 Å². The van der Waals surface area contributed by atoms with Gasteiger partial charge in [-0.25, -0.2) is 0 Å². The molecule has 1 aliphatic heterocycles. The van der Waals surface area contributed by atoms with Crippen molar-refractivity contribution in [3.63, 3.8) is 0 Å². The van der Waals surface area contributed by atoms with Crippen LogP contribution >= 0.6 is 12.4 Å². The average molecular weight is 418 g/mol. The predicted octanol–water partition coefficient (Wildman–Crippen LogP) is 2.20. The van der Waals surface area contributed by atoms with Crippen LogP contribution in [0.5, 0.6) is 5.75 Å². The molecule has 2 N–H and O–H groups in total. The van der Waals surface area contributed by atoms with Crippen molar-refractivity contribution >= 4 is 24.2 Å². The first-order chi connectivity index (χ1) is 13.4. The number of piperazine rings is 1. The zero-order valence-electron chi connectivity index (χ0n) is 16.8. The fraction of sp³-hybridized carbons (Fsp3) is 0.364. The molecule has 2 aromatic carbocycles. The molecule has 29 heavy (non-hydrogen) atoms. The molecule has 3 rings (SSSR count). The van der Waals surface area contributed by atoms with Gasteiger partial charge in [-0.05, 0) is 30.2 Å². The second kappa shape index (κ2) is 9.76. The van der Waals surface area contributed by atoms with Crippen molar-refractivity contribution in [3.05, 3.63) is 65.7 Å². The van der Waals surface area contributed by atoms with Crippen molar-refractivity contribution < 1.29 is 14.3 Å². The molecule has 0 aromatic heterocycles. The van der Waals surface area contributed by atoms with Crippen LogP contribution in [0.4, 0.5) is 0 Å². The number of amides is 2. The molecule has 2 aromatic rings. The molecule has 1 saturated heterocycles. The summed E-state index contributed by atoms with van der Waals surface area (Å²) in [7, 11) is 1.61. The largest absolute Gasteiger partial charge is 0.497 e. The molecule has 2 amide bonds. The Morgan fingerprint density at radius 1 is 1.00 bits per heavy atom. The SMILES string of the molecule is COc1cccc(CC(=O)N2CCN(C(=O)C(C)(N)c3ccccc3)CC2)c1.Cl. The minimum Gasteiger partial charge on any atom is -0.497 e. The zero-order valence-corrected chi connectivity index (χ0v) is 17.7. The minimum absolute atomic E-state index is 0. The summed E-state index contributed by atoms with van der Waals surface area (Å²) in [6, 6.07) is 16.9. The highest BCUT2D eigenvalue weighted by molar-refractivity contribution is 5.87. The van der Waals surface area contributed by atoms with Crippen LogP contribution in [0.1, 0.15) is 18.1 Å². The van der Waals surface area contributed by atoms with E-state index in [2.05, 4.69) is 0 Å². The number of carbonyl (C=O) groups is 2. The van der Waals surface area contributed by atoms with Gasteiger partial charge in [-0.1, -0.05) is 42.5 Å². The average Bonchev–Trinajstić information content (AvgIpc) is 2.74. The first-order valence-electron chi connectivity index (χ1n) is 9.46. The number of carbonyl (C=O) groups excluding carboxylic acids is 2. The number of rotatable bonds is 5. The quantitative estimate of drug-likeness (QED) is 0.809. The highest BCUT2D eigenvalue weighted by Gasteiger charge is 2.36. The number of nitrogens with two attached hydrogens (primary N) is 1. The van der Waals surface area contributed by atoms with Gasteiger partial charge in [0.1, 0.15) is 11.3 Å². The molecule has 1 atom stereocenters. The normalized spacial score (nSPS) is 15.8. The Labute approximate surface area is 178 Å². The molecule has 1 heterocycles. The molecule has 1 unspecified atom stereocenters. The summed E-state index contributed by atoms with van der Waals surface area (Å²) in [6.07, 6.45) is 0.323. The maximum Gasteiger partial charge on any atom is 0.247 e. The van der Waals surface area contributed by atoms with E-state index in [4.69, 9.17) is 10.5 Å². The second-order valence-corrected chi connectivity index (χ2v) is 7.27. The lowest BCUT2D eigenvalue weighted by Gasteiger charge is -2.38. The van der Waals surface area contributed by atoms with Crippen LogP contribution < -0.4 is 10.5 Å².